The molecule has 0 aliphatic carbocycles. The van der Waals surface area contributed by atoms with Crippen molar-refractivity contribution in [3.05, 3.63) is 18.5 Å². The third-order valence-electron chi connectivity index (χ3n) is 4.04. The molecule has 92 valence electrons. The van der Waals surface area contributed by atoms with Gasteiger partial charge in [0.05, 0.1) is 24.0 Å². The summed E-state index contributed by atoms with van der Waals surface area (Å²) in [5.41, 5.74) is 0. The number of fused-ring (bicyclic) bond motifs is 5. The number of amides is 2. The van der Waals surface area contributed by atoms with E-state index in [1.807, 2.05) is 0 Å². The Morgan fingerprint density at radius 1 is 1.06 bits per heavy atom. The fourth-order valence-corrected chi connectivity index (χ4v) is 3.32. The van der Waals surface area contributed by atoms with Crippen LogP contribution in [0.4, 0.5) is 5.95 Å². The van der Waals surface area contributed by atoms with Crippen molar-refractivity contribution in [2.75, 3.05) is 4.90 Å². The van der Waals surface area contributed by atoms with Crippen molar-refractivity contribution in [1.29, 1.82) is 0 Å². The highest BCUT2D eigenvalue weighted by Gasteiger charge is 2.63. The lowest BCUT2D eigenvalue weighted by Gasteiger charge is -2.14. The van der Waals surface area contributed by atoms with Crippen molar-refractivity contribution in [1.82, 2.24) is 9.97 Å². The Bertz CT molecular complexity index is 505. The fraction of sp³-hybridized carbons (Fsp3) is 0.500. The van der Waals surface area contributed by atoms with Crippen LogP contribution < -0.4 is 4.90 Å². The smallest absolute Gasteiger partial charge is 0.242 e. The van der Waals surface area contributed by atoms with Crippen molar-refractivity contribution in [2.45, 2.75) is 25.0 Å². The van der Waals surface area contributed by atoms with Gasteiger partial charge in [0.1, 0.15) is 0 Å². The van der Waals surface area contributed by atoms with Crippen LogP contribution in [0.3, 0.4) is 0 Å². The first kappa shape index (κ1) is 10.1. The molecule has 3 aliphatic rings. The molecule has 6 heteroatoms. The Morgan fingerprint density at radius 3 is 2.17 bits per heavy atom. The molecule has 4 atom stereocenters. The van der Waals surface area contributed by atoms with Crippen LogP contribution >= 0.6 is 0 Å². The van der Waals surface area contributed by atoms with Gasteiger partial charge < -0.3 is 4.74 Å². The van der Waals surface area contributed by atoms with Gasteiger partial charge in [-0.1, -0.05) is 0 Å². The van der Waals surface area contributed by atoms with E-state index in [9.17, 15) is 9.59 Å². The van der Waals surface area contributed by atoms with Crippen LogP contribution in [0, 0.1) is 11.8 Å². The Labute approximate surface area is 103 Å². The summed E-state index contributed by atoms with van der Waals surface area (Å²) < 4.78 is 5.66. The molecule has 3 aliphatic heterocycles. The molecule has 0 N–H and O–H groups in total. The van der Waals surface area contributed by atoms with Gasteiger partial charge in [-0.25, -0.2) is 14.9 Å². The van der Waals surface area contributed by atoms with Gasteiger partial charge in [-0.3, -0.25) is 9.59 Å². The molecule has 0 radical (unpaired) electrons. The van der Waals surface area contributed by atoms with E-state index in [0.717, 1.165) is 17.7 Å². The molecule has 3 saturated heterocycles. The zero-order valence-electron chi connectivity index (χ0n) is 9.52. The first-order valence-electron chi connectivity index (χ1n) is 6.07. The van der Waals surface area contributed by atoms with Crippen molar-refractivity contribution in [2.24, 2.45) is 11.8 Å². The lowest BCUT2D eigenvalue weighted by Crippen LogP contribution is -2.35. The lowest BCUT2D eigenvalue weighted by atomic mass is 9.81. The van der Waals surface area contributed by atoms with Crippen molar-refractivity contribution < 1.29 is 14.3 Å². The highest BCUT2D eigenvalue weighted by molar-refractivity contribution is 6.21. The molecule has 3 fully saturated rings. The van der Waals surface area contributed by atoms with Gasteiger partial charge in [0, 0.05) is 12.4 Å². The number of anilines is 1. The number of hydrogen-bond acceptors (Lipinski definition) is 5. The predicted molar refractivity (Wildman–Crippen MR) is 59.4 cm³/mol. The molecule has 4 rings (SSSR count). The maximum atomic E-state index is 12.3. The van der Waals surface area contributed by atoms with Crippen LogP contribution in [0.5, 0.6) is 0 Å². The van der Waals surface area contributed by atoms with Gasteiger partial charge >= 0.3 is 0 Å². The number of carbonyl (C=O) groups excluding carboxylic acids is 2. The number of aromatic nitrogens is 2. The highest BCUT2D eigenvalue weighted by Crippen LogP contribution is 2.48. The van der Waals surface area contributed by atoms with Crippen LogP contribution in [-0.2, 0) is 14.3 Å². The third-order valence-corrected chi connectivity index (χ3v) is 4.04. The normalized spacial score (nSPS) is 37.4. The van der Waals surface area contributed by atoms with Gasteiger partial charge in [0.15, 0.2) is 0 Å². The van der Waals surface area contributed by atoms with Crippen LogP contribution in [0.25, 0.3) is 0 Å². The van der Waals surface area contributed by atoms with E-state index in [4.69, 9.17) is 4.74 Å². The number of ether oxygens (including phenoxy) is 1. The van der Waals surface area contributed by atoms with Gasteiger partial charge in [0.25, 0.3) is 0 Å². The van der Waals surface area contributed by atoms with Crippen molar-refractivity contribution >= 4 is 17.8 Å². The third kappa shape index (κ3) is 1.11. The van der Waals surface area contributed by atoms with E-state index in [1.165, 1.54) is 12.4 Å². The highest BCUT2D eigenvalue weighted by atomic mass is 16.5. The molecule has 0 unspecified atom stereocenters. The molecule has 2 amide bonds. The summed E-state index contributed by atoms with van der Waals surface area (Å²) in [6.45, 7) is 0. The Kier molecular flexibility index (Phi) is 1.89. The van der Waals surface area contributed by atoms with E-state index in [2.05, 4.69) is 9.97 Å². The molecule has 0 spiro atoms. The number of nitrogens with zero attached hydrogens (tertiary/aromatic N) is 3. The molecule has 2 bridgehead atoms. The van der Waals surface area contributed by atoms with Crippen LogP contribution in [0.15, 0.2) is 18.5 Å². The minimum absolute atomic E-state index is 0.0924. The van der Waals surface area contributed by atoms with Crippen molar-refractivity contribution in [3.63, 3.8) is 0 Å². The van der Waals surface area contributed by atoms with E-state index in [1.54, 1.807) is 6.07 Å². The predicted octanol–water partition coefficient (Wildman–Crippen LogP) is 0.143. The Balaban J connectivity index is 1.76. The average molecular weight is 245 g/mol. The number of rotatable bonds is 1. The summed E-state index contributed by atoms with van der Waals surface area (Å²) in [5, 5.41) is 0. The van der Waals surface area contributed by atoms with Gasteiger partial charge in [-0.05, 0) is 18.9 Å². The van der Waals surface area contributed by atoms with Gasteiger partial charge in [0.2, 0.25) is 17.8 Å². The first-order valence-corrected chi connectivity index (χ1v) is 6.07. The topological polar surface area (TPSA) is 72.4 Å². The molecule has 1 aromatic heterocycles. The van der Waals surface area contributed by atoms with Gasteiger partial charge in [-0.2, -0.15) is 0 Å². The van der Waals surface area contributed by atoms with Crippen molar-refractivity contribution in [3.8, 4) is 0 Å². The fourth-order valence-electron chi connectivity index (χ4n) is 3.32. The second-order valence-corrected chi connectivity index (χ2v) is 4.90. The number of imide groups is 1. The zero-order chi connectivity index (χ0) is 12.3. The molecule has 0 saturated carbocycles. The van der Waals surface area contributed by atoms with E-state index < -0.39 is 0 Å². The lowest BCUT2D eigenvalue weighted by molar-refractivity contribution is -0.124. The number of carbonyl (C=O) groups is 2. The molecular formula is C12H11N3O3. The van der Waals surface area contributed by atoms with Crippen LogP contribution in [0.2, 0.25) is 0 Å². The Hall–Kier alpha value is -1.82. The standard InChI is InChI=1S/C12H11N3O3/c16-10-8-6-2-3-7(18-6)9(8)11(17)15(10)12-13-4-1-5-14-12/h1,4-9H,2-3H2/t6-,7-,8-,9-/m0/s1. The molecular weight excluding hydrogens is 234 g/mol. The SMILES string of the molecule is O=C1[C@@H]2[C@@H](C(=O)N1c1ncccn1)[C@@H]1CC[C@@H]2O1. The maximum absolute atomic E-state index is 12.3. The largest absolute Gasteiger partial charge is 0.373 e. The molecule has 1 aromatic rings. The van der Waals surface area contributed by atoms with E-state index >= 15 is 0 Å². The molecule has 6 nitrogen and oxygen atoms in total. The van der Waals surface area contributed by atoms with E-state index in [-0.39, 0.29) is 41.8 Å². The van der Waals surface area contributed by atoms with Crippen LogP contribution in [-0.4, -0.2) is 34.0 Å². The second kappa shape index (κ2) is 3.35. The molecule has 4 heterocycles. The Morgan fingerprint density at radius 2 is 1.61 bits per heavy atom. The summed E-state index contributed by atoms with van der Waals surface area (Å²) in [5.74, 6) is -0.867. The zero-order valence-corrected chi connectivity index (χ0v) is 9.52. The van der Waals surface area contributed by atoms with Crippen LogP contribution in [0.1, 0.15) is 12.8 Å². The molecule has 0 aromatic carbocycles. The summed E-state index contributed by atoms with van der Waals surface area (Å²) in [6.07, 6.45) is 4.61. The quantitative estimate of drug-likeness (QED) is 0.658. The average Bonchev–Trinajstić information content (AvgIpc) is 3.05. The summed E-state index contributed by atoms with van der Waals surface area (Å²) >= 11 is 0. The summed E-state index contributed by atoms with van der Waals surface area (Å²) in [4.78, 5) is 33.8. The number of hydrogen-bond donors (Lipinski definition) is 0. The maximum Gasteiger partial charge on any atom is 0.242 e. The second-order valence-electron chi connectivity index (χ2n) is 4.90. The van der Waals surface area contributed by atoms with Gasteiger partial charge in [-0.15, -0.1) is 0 Å². The summed E-state index contributed by atoms with van der Waals surface area (Å²) in [6, 6.07) is 1.65. The molecule has 18 heavy (non-hydrogen) atoms. The minimum atomic E-state index is -0.319. The minimum Gasteiger partial charge on any atom is -0.373 e. The first-order chi connectivity index (χ1) is 8.77. The summed E-state index contributed by atoms with van der Waals surface area (Å²) in [7, 11) is 0. The monoisotopic (exact) mass is 245 g/mol. The van der Waals surface area contributed by atoms with E-state index in [0.29, 0.717) is 0 Å².